The molecule has 0 saturated heterocycles. The molecule has 0 bridgehead atoms. The maximum absolute atomic E-state index is 11.6. The van der Waals surface area contributed by atoms with Crippen LogP contribution in [0.5, 0.6) is 0 Å². The Hall–Kier alpha value is -1.36. The van der Waals surface area contributed by atoms with E-state index in [0.717, 1.165) is 25.2 Å². The number of nitrogens with one attached hydrogen (secondary N) is 1. The third-order valence-corrected chi connectivity index (χ3v) is 2.53. The number of anilines is 1. The number of aromatic nitrogens is 2. The molecule has 5 heteroatoms. The van der Waals surface area contributed by atoms with E-state index in [2.05, 4.69) is 17.3 Å². The Labute approximate surface area is 102 Å². The Morgan fingerprint density at radius 3 is 3.06 bits per heavy atom. The molecule has 1 heterocycles. The fourth-order valence-electron chi connectivity index (χ4n) is 1.49. The number of unbranched alkanes of at least 4 members (excludes halogenated alkanes) is 1. The van der Waals surface area contributed by atoms with Gasteiger partial charge in [0.2, 0.25) is 5.91 Å². The number of hydrogen-bond donors (Lipinski definition) is 2. The van der Waals surface area contributed by atoms with E-state index in [1.54, 1.807) is 6.20 Å². The third kappa shape index (κ3) is 4.99. The second-order valence-corrected chi connectivity index (χ2v) is 4.36. The standard InChI is InChI=1S/C12H22N4O/c1-3-4-9-16-11(7-8-14-16)15-12(17)6-5-10(2)13/h7-8,10H,3-6,9,13H2,1-2H3,(H,15,17). The number of carbonyl (C=O) groups is 1. The van der Waals surface area contributed by atoms with E-state index < -0.39 is 0 Å². The van der Waals surface area contributed by atoms with Crippen molar-refractivity contribution in [1.82, 2.24) is 9.78 Å². The summed E-state index contributed by atoms with van der Waals surface area (Å²) in [6.07, 6.45) is 5.03. The van der Waals surface area contributed by atoms with Crippen LogP contribution >= 0.6 is 0 Å². The van der Waals surface area contributed by atoms with E-state index in [4.69, 9.17) is 5.73 Å². The zero-order valence-corrected chi connectivity index (χ0v) is 10.6. The molecule has 0 aliphatic heterocycles. The van der Waals surface area contributed by atoms with Crippen LogP contribution in [-0.2, 0) is 11.3 Å². The fourth-order valence-corrected chi connectivity index (χ4v) is 1.49. The summed E-state index contributed by atoms with van der Waals surface area (Å²) in [5, 5.41) is 7.04. The lowest BCUT2D eigenvalue weighted by Crippen LogP contribution is -2.20. The Morgan fingerprint density at radius 2 is 2.41 bits per heavy atom. The highest BCUT2D eigenvalue weighted by atomic mass is 16.1. The maximum atomic E-state index is 11.6. The van der Waals surface area contributed by atoms with E-state index in [0.29, 0.717) is 12.8 Å². The first-order valence-electron chi connectivity index (χ1n) is 6.20. The molecule has 0 spiro atoms. The fraction of sp³-hybridized carbons (Fsp3) is 0.667. The lowest BCUT2D eigenvalue weighted by molar-refractivity contribution is -0.116. The number of rotatable bonds is 7. The summed E-state index contributed by atoms with van der Waals surface area (Å²) in [5.41, 5.74) is 5.61. The number of nitrogens with zero attached hydrogens (tertiary/aromatic N) is 2. The topological polar surface area (TPSA) is 72.9 Å². The Balaban J connectivity index is 2.44. The van der Waals surface area contributed by atoms with E-state index in [-0.39, 0.29) is 11.9 Å². The van der Waals surface area contributed by atoms with Crippen LogP contribution < -0.4 is 11.1 Å². The molecule has 1 aromatic rings. The molecule has 0 aromatic carbocycles. The highest BCUT2D eigenvalue weighted by Gasteiger charge is 2.07. The Kier molecular flexibility index (Phi) is 5.69. The Morgan fingerprint density at radius 1 is 1.65 bits per heavy atom. The molecule has 3 N–H and O–H groups in total. The molecule has 0 fully saturated rings. The minimum Gasteiger partial charge on any atom is -0.328 e. The third-order valence-electron chi connectivity index (χ3n) is 2.53. The second kappa shape index (κ2) is 7.06. The van der Waals surface area contributed by atoms with Crippen LogP contribution in [0.3, 0.4) is 0 Å². The first-order valence-corrected chi connectivity index (χ1v) is 6.20. The van der Waals surface area contributed by atoms with Gasteiger partial charge in [0.1, 0.15) is 5.82 Å². The molecule has 17 heavy (non-hydrogen) atoms. The molecule has 0 aliphatic carbocycles. The number of carbonyl (C=O) groups excluding carboxylic acids is 1. The van der Waals surface area contributed by atoms with Gasteiger partial charge in [-0.1, -0.05) is 13.3 Å². The lowest BCUT2D eigenvalue weighted by atomic mass is 10.2. The van der Waals surface area contributed by atoms with Crippen molar-refractivity contribution < 1.29 is 4.79 Å². The molecule has 1 aromatic heterocycles. The van der Waals surface area contributed by atoms with Gasteiger partial charge in [-0.15, -0.1) is 0 Å². The first kappa shape index (κ1) is 13.7. The molecule has 0 saturated carbocycles. The first-order chi connectivity index (χ1) is 8.13. The SMILES string of the molecule is CCCCn1nccc1NC(=O)CCC(C)N. The molecule has 1 unspecified atom stereocenters. The normalized spacial score (nSPS) is 12.4. The van der Waals surface area contributed by atoms with Crippen molar-refractivity contribution >= 4 is 11.7 Å². The average molecular weight is 238 g/mol. The molecule has 1 amide bonds. The highest BCUT2D eigenvalue weighted by Crippen LogP contribution is 2.08. The van der Waals surface area contributed by atoms with Crippen LogP contribution in [0.2, 0.25) is 0 Å². The summed E-state index contributed by atoms with van der Waals surface area (Å²) < 4.78 is 1.83. The summed E-state index contributed by atoms with van der Waals surface area (Å²) in [7, 11) is 0. The molecular formula is C12H22N4O. The van der Waals surface area contributed by atoms with E-state index in [1.807, 2.05) is 17.7 Å². The molecular weight excluding hydrogens is 216 g/mol. The lowest BCUT2D eigenvalue weighted by Gasteiger charge is -2.09. The number of nitrogens with two attached hydrogens (primary N) is 1. The number of hydrogen-bond acceptors (Lipinski definition) is 3. The van der Waals surface area contributed by atoms with Gasteiger partial charge >= 0.3 is 0 Å². The van der Waals surface area contributed by atoms with Gasteiger partial charge in [-0.3, -0.25) is 4.79 Å². The molecule has 96 valence electrons. The Bertz CT molecular complexity index is 346. The quantitative estimate of drug-likeness (QED) is 0.760. The van der Waals surface area contributed by atoms with Crippen LogP contribution in [0.4, 0.5) is 5.82 Å². The molecule has 1 atom stereocenters. The summed E-state index contributed by atoms with van der Waals surface area (Å²) in [6.45, 7) is 4.87. The summed E-state index contributed by atoms with van der Waals surface area (Å²) in [4.78, 5) is 11.6. The summed E-state index contributed by atoms with van der Waals surface area (Å²) in [5.74, 6) is 0.772. The van der Waals surface area contributed by atoms with Crippen molar-refractivity contribution in [3.8, 4) is 0 Å². The predicted octanol–water partition coefficient (Wildman–Crippen LogP) is 1.75. The van der Waals surface area contributed by atoms with Crippen LogP contribution in [0, 0.1) is 0 Å². The summed E-state index contributed by atoms with van der Waals surface area (Å²) in [6, 6.07) is 1.88. The van der Waals surface area contributed by atoms with Crippen LogP contribution in [0.15, 0.2) is 12.3 Å². The minimum absolute atomic E-state index is 0.000508. The van der Waals surface area contributed by atoms with Crippen molar-refractivity contribution in [3.05, 3.63) is 12.3 Å². The van der Waals surface area contributed by atoms with Gasteiger partial charge in [-0.2, -0.15) is 5.10 Å². The molecule has 0 radical (unpaired) electrons. The smallest absolute Gasteiger partial charge is 0.225 e. The van der Waals surface area contributed by atoms with Crippen molar-refractivity contribution in [2.45, 2.75) is 52.1 Å². The van der Waals surface area contributed by atoms with Crippen LogP contribution in [0.25, 0.3) is 0 Å². The van der Waals surface area contributed by atoms with Crippen molar-refractivity contribution in [2.24, 2.45) is 5.73 Å². The predicted molar refractivity (Wildman–Crippen MR) is 68.6 cm³/mol. The number of amides is 1. The van der Waals surface area contributed by atoms with Gasteiger partial charge in [-0.25, -0.2) is 4.68 Å². The van der Waals surface area contributed by atoms with E-state index in [9.17, 15) is 4.79 Å². The van der Waals surface area contributed by atoms with Gasteiger partial charge in [0.15, 0.2) is 0 Å². The van der Waals surface area contributed by atoms with Crippen LogP contribution in [0.1, 0.15) is 39.5 Å². The van der Waals surface area contributed by atoms with Crippen molar-refractivity contribution in [3.63, 3.8) is 0 Å². The van der Waals surface area contributed by atoms with Crippen LogP contribution in [-0.4, -0.2) is 21.7 Å². The zero-order valence-electron chi connectivity index (χ0n) is 10.6. The summed E-state index contributed by atoms with van der Waals surface area (Å²) >= 11 is 0. The van der Waals surface area contributed by atoms with Gasteiger partial charge in [-0.05, 0) is 19.8 Å². The van der Waals surface area contributed by atoms with Crippen molar-refractivity contribution in [2.75, 3.05) is 5.32 Å². The van der Waals surface area contributed by atoms with Gasteiger partial charge < -0.3 is 11.1 Å². The highest BCUT2D eigenvalue weighted by molar-refractivity contribution is 5.89. The minimum atomic E-state index is 0.000508. The number of aryl methyl sites for hydroxylation is 1. The van der Waals surface area contributed by atoms with Gasteiger partial charge in [0, 0.05) is 25.1 Å². The second-order valence-electron chi connectivity index (χ2n) is 4.36. The van der Waals surface area contributed by atoms with Gasteiger partial charge in [0.25, 0.3) is 0 Å². The molecule has 5 nitrogen and oxygen atoms in total. The average Bonchev–Trinajstić information content (AvgIpc) is 2.71. The molecule has 1 rings (SSSR count). The monoisotopic (exact) mass is 238 g/mol. The van der Waals surface area contributed by atoms with E-state index in [1.165, 1.54) is 0 Å². The van der Waals surface area contributed by atoms with Crippen molar-refractivity contribution in [1.29, 1.82) is 0 Å². The largest absolute Gasteiger partial charge is 0.328 e. The van der Waals surface area contributed by atoms with Gasteiger partial charge in [0.05, 0.1) is 6.20 Å². The maximum Gasteiger partial charge on any atom is 0.225 e. The van der Waals surface area contributed by atoms with E-state index >= 15 is 0 Å². The zero-order chi connectivity index (χ0) is 12.7. The molecule has 0 aliphatic rings.